The molecule has 0 bridgehead atoms. The van der Waals surface area contributed by atoms with Gasteiger partial charge in [-0.3, -0.25) is 0 Å². The average Bonchev–Trinajstić information content (AvgIpc) is 2.25. The van der Waals surface area contributed by atoms with Crippen LogP contribution >= 0.6 is 0 Å². The van der Waals surface area contributed by atoms with Crippen LogP contribution in [0.25, 0.3) is 0 Å². The molecule has 0 N–H and O–H groups in total. The third kappa shape index (κ3) is 3.28. The Hall–Kier alpha value is -1.82. The second-order valence-electron chi connectivity index (χ2n) is 2.78. The van der Waals surface area contributed by atoms with Gasteiger partial charge >= 0.3 is 0 Å². The quantitative estimate of drug-likeness (QED) is 0.526. The Bertz CT molecular complexity index is 324. The summed E-state index contributed by atoms with van der Waals surface area (Å²) in [5.41, 5.74) is 0.545. The van der Waals surface area contributed by atoms with Crippen LogP contribution in [0, 0.1) is 11.3 Å². The Kier molecular flexibility index (Phi) is 4.22. The molecule has 1 aromatic rings. The predicted molar refractivity (Wildman–Crippen MR) is 53.9 cm³/mol. The van der Waals surface area contributed by atoms with Crippen LogP contribution < -0.4 is 4.74 Å². The number of hydrogen-bond donors (Lipinski definition) is 0. The average molecular weight is 188 g/mol. The molecule has 3 nitrogen and oxygen atoms in total. The number of unbranched alkanes of at least 4 members (excludes halogenated alkanes) is 1. The number of rotatable bonds is 5. The highest BCUT2D eigenvalue weighted by Gasteiger charge is 1.95. The van der Waals surface area contributed by atoms with Crippen molar-refractivity contribution in [1.82, 2.24) is 4.98 Å². The molecule has 0 fully saturated rings. The second-order valence-corrected chi connectivity index (χ2v) is 2.78. The zero-order chi connectivity index (χ0) is 10.2. The van der Waals surface area contributed by atoms with E-state index in [0.29, 0.717) is 18.1 Å². The molecule has 0 aliphatic rings. The Morgan fingerprint density at radius 2 is 2.43 bits per heavy atom. The van der Waals surface area contributed by atoms with Crippen molar-refractivity contribution in [3.8, 4) is 11.9 Å². The van der Waals surface area contributed by atoms with E-state index >= 15 is 0 Å². The fraction of sp³-hybridized carbons (Fsp3) is 0.273. The SMILES string of the molecule is C=CCCCOc1ccc(C#N)cn1. The first-order chi connectivity index (χ1) is 6.86. The minimum atomic E-state index is 0.545. The largest absolute Gasteiger partial charge is 0.478 e. The van der Waals surface area contributed by atoms with E-state index in [1.54, 1.807) is 12.1 Å². The minimum Gasteiger partial charge on any atom is -0.478 e. The van der Waals surface area contributed by atoms with Crippen molar-refractivity contribution < 1.29 is 4.74 Å². The van der Waals surface area contributed by atoms with Gasteiger partial charge in [-0.25, -0.2) is 4.98 Å². The normalized spacial score (nSPS) is 9.07. The first-order valence-corrected chi connectivity index (χ1v) is 4.46. The fourth-order valence-corrected chi connectivity index (χ4v) is 0.936. The zero-order valence-corrected chi connectivity index (χ0v) is 7.94. The van der Waals surface area contributed by atoms with Gasteiger partial charge in [0.1, 0.15) is 6.07 Å². The van der Waals surface area contributed by atoms with Gasteiger partial charge in [0.05, 0.1) is 12.2 Å². The zero-order valence-electron chi connectivity index (χ0n) is 7.94. The summed E-state index contributed by atoms with van der Waals surface area (Å²) in [6.07, 6.45) is 5.24. The predicted octanol–water partition coefficient (Wildman–Crippen LogP) is 2.30. The van der Waals surface area contributed by atoms with Gasteiger partial charge in [-0.1, -0.05) is 6.08 Å². The van der Waals surface area contributed by atoms with E-state index in [0.717, 1.165) is 12.8 Å². The molecule has 1 aromatic heterocycles. The lowest BCUT2D eigenvalue weighted by molar-refractivity contribution is 0.300. The molecule has 0 saturated heterocycles. The molecule has 0 unspecified atom stereocenters. The number of aromatic nitrogens is 1. The maximum Gasteiger partial charge on any atom is 0.213 e. The molecule has 1 heterocycles. The maximum atomic E-state index is 8.53. The molecule has 0 aromatic carbocycles. The number of allylic oxidation sites excluding steroid dienone is 1. The number of ether oxygens (including phenoxy) is 1. The topological polar surface area (TPSA) is 45.9 Å². The van der Waals surface area contributed by atoms with E-state index in [-0.39, 0.29) is 0 Å². The third-order valence-electron chi connectivity index (χ3n) is 1.67. The Balaban J connectivity index is 2.37. The van der Waals surface area contributed by atoms with Crippen molar-refractivity contribution in [3.05, 3.63) is 36.5 Å². The van der Waals surface area contributed by atoms with Gasteiger partial charge in [-0.15, -0.1) is 6.58 Å². The summed E-state index contributed by atoms with van der Waals surface area (Å²) in [5, 5.41) is 8.53. The van der Waals surface area contributed by atoms with Crippen LogP contribution in [-0.2, 0) is 0 Å². The number of nitriles is 1. The van der Waals surface area contributed by atoms with Crippen LogP contribution in [0.2, 0.25) is 0 Å². The summed E-state index contributed by atoms with van der Waals surface area (Å²) >= 11 is 0. The van der Waals surface area contributed by atoms with Crippen molar-refractivity contribution >= 4 is 0 Å². The molecule has 0 spiro atoms. The van der Waals surface area contributed by atoms with Crippen molar-refractivity contribution in [2.24, 2.45) is 0 Å². The fourth-order valence-electron chi connectivity index (χ4n) is 0.936. The van der Waals surface area contributed by atoms with E-state index in [1.165, 1.54) is 6.20 Å². The summed E-state index contributed by atoms with van der Waals surface area (Å²) in [6.45, 7) is 4.25. The van der Waals surface area contributed by atoms with Crippen LogP contribution in [0.3, 0.4) is 0 Å². The van der Waals surface area contributed by atoms with Gasteiger partial charge in [-0.05, 0) is 18.9 Å². The molecule has 0 aliphatic carbocycles. The van der Waals surface area contributed by atoms with E-state index < -0.39 is 0 Å². The molecule has 0 atom stereocenters. The highest BCUT2D eigenvalue weighted by molar-refractivity contribution is 5.28. The summed E-state index contributed by atoms with van der Waals surface area (Å²) in [6, 6.07) is 5.39. The van der Waals surface area contributed by atoms with Crippen LogP contribution in [0.15, 0.2) is 31.0 Å². The smallest absolute Gasteiger partial charge is 0.213 e. The van der Waals surface area contributed by atoms with Crippen molar-refractivity contribution in [2.45, 2.75) is 12.8 Å². The van der Waals surface area contributed by atoms with Crippen molar-refractivity contribution in [1.29, 1.82) is 5.26 Å². The lowest BCUT2D eigenvalue weighted by atomic mass is 10.3. The van der Waals surface area contributed by atoms with Crippen LogP contribution in [-0.4, -0.2) is 11.6 Å². The van der Waals surface area contributed by atoms with Gasteiger partial charge in [0, 0.05) is 12.3 Å². The summed E-state index contributed by atoms with van der Waals surface area (Å²) in [5.74, 6) is 0.563. The third-order valence-corrected chi connectivity index (χ3v) is 1.67. The second kappa shape index (κ2) is 5.76. The van der Waals surface area contributed by atoms with E-state index in [4.69, 9.17) is 10.00 Å². The van der Waals surface area contributed by atoms with Gasteiger partial charge in [0.2, 0.25) is 5.88 Å². The summed E-state index contributed by atoms with van der Waals surface area (Å²) in [7, 11) is 0. The minimum absolute atomic E-state index is 0.545. The molecule has 14 heavy (non-hydrogen) atoms. The summed E-state index contributed by atoms with van der Waals surface area (Å²) in [4.78, 5) is 3.98. The number of nitrogens with zero attached hydrogens (tertiary/aromatic N) is 2. The highest BCUT2D eigenvalue weighted by Crippen LogP contribution is 2.07. The van der Waals surface area contributed by atoms with Crippen LogP contribution in [0.5, 0.6) is 5.88 Å². The Morgan fingerprint density at radius 1 is 1.57 bits per heavy atom. The molecular weight excluding hydrogens is 176 g/mol. The first-order valence-electron chi connectivity index (χ1n) is 4.46. The molecule has 0 saturated carbocycles. The van der Waals surface area contributed by atoms with E-state index in [1.807, 2.05) is 12.1 Å². The van der Waals surface area contributed by atoms with Gasteiger partial charge in [-0.2, -0.15) is 5.26 Å². The molecule has 1 rings (SSSR count). The van der Waals surface area contributed by atoms with Crippen molar-refractivity contribution in [3.63, 3.8) is 0 Å². The first kappa shape index (κ1) is 10.3. The monoisotopic (exact) mass is 188 g/mol. The highest BCUT2D eigenvalue weighted by atomic mass is 16.5. The number of pyridine rings is 1. The Labute approximate surface area is 83.7 Å². The molecule has 0 aliphatic heterocycles. The van der Waals surface area contributed by atoms with Gasteiger partial charge in [0.25, 0.3) is 0 Å². The number of hydrogen-bond acceptors (Lipinski definition) is 3. The van der Waals surface area contributed by atoms with E-state index in [9.17, 15) is 0 Å². The Morgan fingerprint density at radius 3 is 3.00 bits per heavy atom. The molecule has 0 radical (unpaired) electrons. The lowest BCUT2D eigenvalue weighted by Crippen LogP contribution is -1.98. The summed E-state index contributed by atoms with van der Waals surface area (Å²) < 4.78 is 5.34. The van der Waals surface area contributed by atoms with Crippen molar-refractivity contribution in [2.75, 3.05) is 6.61 Å². The molecule has 0 amide bonds. The van der Waals surface area contributed by atoms with Crippen LogP contribution in [0.4, 0.5) is 0 Å². The maximum absolute atomic E-state index is 8.53. The lowest BCUT2D eigenvalue weighted by Gasteiger charge is -2.02. The molecular formula is C11H12N2O. The molecule has 72 valence electrons. The van der Waals surface area contributed by atoms with Crippen LogP contribution in [0.1, 0.15) is 18.4 Å². The van der Waals surface area contributed by atoms with Gasteiger partial charge < -0.3 is 4.74 Å². The van der Waals surface area contributed by atoms with E-state index in [2.05, 4.69) is 11.6 Å². The molecule has 3 heteroatoms. The standard InChI is InChI=1S/C11H12N2O/c1-2-3-4-7-14-11-6-5-10(8-12)9-13-11/h2,5-6,9H,1,3-4,7H2. The van der Waals surface area contributed by atoms with Gasteiger partial charge in [0.15, 0.2) is 0 Å².